The van der Waals surface area contributed by atoms with Crippen molar-refractivity contribution in [2.45, 2.75) is 66.2 Å². The van der Waals surface area contributed by atoms with Gasteiger partial charge in [-0.05, 0) is 94.1 Å². The number of rotatable bonds is 10. The minimum absolute atomic E-state index is 1.14. The molecule has 0 aliphatic rings. The fourth-order valence-corrected chi connectivity index (χ4v) is 1.53. The zero-order chi connectivity index (χ0) is 19.6. The first-order chi connectivity index (χ1) is 11.4. The summed E-state index contributed by atoms with van der Waals surface area (Å²) in [6.07, 6.45) is 7.71. The summed E-state index contributed by atoms with van der Waals surface area (Å²) in [4.78, 5) is 4.39. The summed E-state index contributed by atoms with van der Waals surface area (Å²) in [7, 11) is 12.3. The van der Waals surface area contributed by atoms with E-state index in [1.54, 1.807) is 0 Å². The number of hydrogen-bond donors (Lipinski definition) is 2. The van der Waals surface area contributed by atoms with Gasteiger partial charge in [-0.1, -0.05) is 40.5 Å². The van der Waals surface area contributed by atoms with Crippen LogP contribution in [0.4, 0.5) is 0 Å². The molecule has 0 heterocycles. The van der Waals surface area contributed by atoms with Gasteiger partial charge in [0.25, 0.3) is 0 Å². The topological polar surface area (TPSA) is 30.5 Å². The van der Waals surface area contributed by atoms with Gasteiger partial charge in [0.1, 0.15) is 0 Å². The van der Waals surface area contributed by atoms with E-state index in [1.807, 2.05) is 14.1 Å². The standard InChI is InChI=1S/C6H15N.2C5H13N.C4H11N/c1-4-5-6-7(2)3;1-4-5-6(2)3;1-3-4-5-6-2;1-3-4-5-2/h4-6H2,1-3H3;4-5H2,1-3H3;6H,3-5H2,1-2H3;5H,3-4H2,1-2H3. The summed E-state index contributed by atoms with van der Waals surface area (Å²) in [5.41, 5.74) is 0. The highest BCUT2D eigenvalue weighted by molar-refractivity contribution is 4.39. The van der Waals surface area contributed by atoms with Crippen LogP contribution >= 0.6 is 0 Å². The van der Waals surface area contributed by atoms with Crippen LogP contribution in [0.25, 0.3) is 0 Å². The van der Waals surface area contributed by atoms with Gasteiger partial charge in [0.05, 0.1) is 0 Å². The van der Waals surface area contributed by atoms with E-state index in [2.05, 4.69) is 76.3 Å². The van der Waals surface area contributed by atoms with E-state index in [0.29, 0.717) is 0 Å². The Kier molecular flexibility index (Phi) is 45.1. The van der Waals surface area contributed by atoms with Gasteiger partial charge in [0, 0.05) is 0 Å². The van der Waals surface area contributed by atoms with Crippen molar-refractivity contribution in [3.8, 4) is 0 Å². The van der Waals surface area contributed by atoms with E-state index in [1.165, 1.54) is 51.6 Å². The van der Waals surface area contributed by atoms with E-state index in [4.69, 9.17) is 0 Å². The molecular weight excluding hydrogens is 296 g/mol. The highest BCUT2D eigenvalue weighted by Gasteiger charge is 1.83. The predicted molar refractivity (Wildman–Crippen MR) is 115 cm³/mol. The molecule has 0 amide bonds. The smallest absolute Gasteiger partial charge is 0.00249 e. The van der Waals surface area contributed by atoms with Crippen molar-refractivity contribution in [2.24, 2.45) is 0 Å². The molecule has 0 aliphatic carbocycles. The molecule has 0 radical (unpaired) electrons. The maximum absolute atomic E-state index is 3.07. The maximum atomic E-state index is 3.07. The van der Waals surface area contributed by atoms with Crippen LogP contribution in [0, 0.1) is 0 Å². The molecule has 0 bridgehead atoms. The fourth-order valence-electron chi connectivity index (χ4n) is 1.53. The average molecular weight is 349 g/mol. The Balaban J connectivity index is -0.000000112. The second-order valence-corrected chi connectivity index (χ2v) is 6.52. The van der Waals surface area contributed by atoms with Crippen molar-refractivity contribution in [2.75, 3.05) is 68.5 Å². The van der Waals surface area contributed by atoms with E-state index >= 15 is 0 Å². The van der Waals surface area contributed by atoms with Gasteiger partial charge in [-0.3, -0.25) is 0 Å². The van der Waals surface area contributed by atoms with Crippen LogP contribution in [-0.4, -0.2) is 78.3 Å². The molecule has 0 atom stereocenters. The molecule has 0 aromatic carbocycles. The van der Waals surface area contributed by atoms with E-state index in [-0.39, 0.29) is 0 Å². The van der Waals surface area contributed by atoms with Crippen LogP contribution in [-0.2, 0) is 0 Å². The van der Waals surface area contributed by atoms with Gasteiger partial charge in [0.15, 0.2) is 0 Å². The van der Waals surface area contributed by atoms with Crippen molar-refractivity contribution in [1.82, 2.24) is 20.4 Å². The minimum Gasteiger partial charge on any atom is -0.320 e. The van der Waals surface area contributed by atoms with Gasteiger partial charge in [-0.2, -0.15) is 0 Å². The van der Waals surface area contributed by atoms with Gasteiger partial charge < -0.3 is 20.4 Å². The minimum atomic E-state index is 1.14. The van der Waals surface area contributed by atoms with Crippen LogP contribution in [0.5, 0.6) is 0 Å². The lowest BCUT2D eigenvalue weighted by Crippen LogP contribution is -2.12. The zero-order valence-electron chi connectivity index (χ0n) is 19.0. The fraction of sp³-hybridized carbons (Fsp3) is 1.00. The molecule has 4 heteroatoms. The summed E-state index contributed by atoms with van der Waals surface area (Å²) >= 11 is 0. The number of hydrogen-bond acceptors (Lipinski definition) is 4. The summed E-state index contributed by atoms with van der Waals surface area (Å²) in [5, 5.41) is 6.09. The maximum Gasteiger partial charge on any atom is -0.00249 e. The van der Waals surface area contributed by atoms with Gasteiger partial charge in [-0.25, -0.2) is 0 Å². The highest BCUT2D eigenvalue weighted by Crippen LogP contribution is 1.86. The largest absolute Gasteiger partial charge is 0.320 e. The quantitative estimate of drug-likeness (QED) is 0.586. The number of nitrogens with one attached hydrogen (secondary N) is 2. The summed E-state index contributed by atoms with van der Waals surface area (Å²) in [6.45, 7) is 13.5. The van der Waals surface area contributed by atoms with Crippen LogP contribution in [0.1, 0.15) is 66.2 Å². The number of unbranched alkanes of at least 4 members (excludes halogenated alkanes) is 2. The first-order valence-corrected chi connectivity index (χ1v) is 9.96. The third-order valence-electron chi connectivity index (χ3n) is 2.91. The first-order valence-electron chi connectivity index (χ1n) is 9.96. The van der Waals surface area contributed by atoms with Crippen LogP contribution in [0.3, 0.4) is 0 Å². The summed E-state index contributed by atoms with van der Waals surface area (Å²) in [5.74, 6) is 0. The van der Waals surface area contributed by atoms with Gasteiger partial charge in [0.2, 0.25) is 0 Å². The second-order valence-electron chi connectivity index (χ2n) is 6.52. The molecule has 0 saturated heterocycles. The third-order valence-corrected chi connectivity index (χ3v) is 2.91. The predicted octanol–water partition coefficient (Wildman–Crippen LogP) is 3.93. The summed E-state index contributed by atoms with van der Waals surface area (Å²) in [6, 6.07) is 0. The van der Waals surface area contributed by atoms with E-state index in [0.717, 1.165) is 13.1 Å². The van der Waals surface area contributed by atoms with Gasteiger partial charge in [-0.15, -0.1) is 0 Å². The molecule has 0 aliphatic heterocycles. The molecule has 4 nitrogen and oxygen atoms in total. The van der Waals surface area contributed by atoms with Crippen molar-refractivity contribution < 1.29 is 0 Å². The SMILES string of the molecule is CCCCN(C)C.CCCCNC.CCCN(C)C.CCCNC. The Morgan fingerprint density at radius 1 is 0.542 bits per heavy atom. The van der Waals surface area contributed by atoms with Gasteiger partial charge >= 0.3 is 0 Å². The Morgan fingerprint density at radius 2 is 1.00 bits per heavy atom. The van der Waals surface area contributed by atoms with Crippen molar-refractivity contribution in [1.29, 1.82) is 0 Å². The lowest BCUT2D eigenvalue weighted by molar-refractivity contribution is 0.398. The van der Waals surface area contributed by atoms with Crippen molar-refractivity contribution >= 4 is 0 Å². The third kappa shape index (κ3) is 67.7. The molecule has 0 saturated carbocycles. The summed E-state index contributed by atoms with van der Waals surface area (Å²) < 4.78 is 0. The molecule has 0 rings (SSSR count). The van der Waals surface area contributed by atoms with E-state index in [9.17, 15) is 0 Å². The first kappa shape index (κ1) is 31.6. The van der Waals surface area contributed by atoms with Crippen molar-refractivity contribution in [3.63, 3.8) is 0 Å². The van der Waals surface area contributed by atoms with E-state index < -0.39 is 0 Å². The van der Waals surface area contributed by atoms with Crippen molar-refractivity contribution in [3.05, 3.63) is 0 Å². The van der Waals surface area contributed by atoms with Crippen LogP contribution < -0.4 is 10.6 Å². The van der Waals surface area contributed by atoms with Crippen LogP contribution in [0.15, 0.2) is 0 Å². The normalized spacial score (nSPS) is 9.50. The monoisotopic (exact) mass is 348 g/mol. The lowest BCUT2D eigenvalue weighted by atomic mass is 10.3. The van der Waals surface area contributed by atoms with Crippen LogP contribution in [0.2, 0.25) is 0 Å². The lowest BCUT2D eigenvalue weighted by Gasteiger charge is -2.05. The molecule has 0 fully saturated rings. The molecule has 0 aromatic heterocycles. The molecule has 152 valence electrons. The average Bonchev–Trinajstić information content (AvgIpc) is 2.53. The molecule has 0 spiro atoms. The Labute approximate surface area is 155 Å². The molecule has 2 N–H and O–H groups in total. The Bertz CT molecular complexity index is 156. The zero-order valence-corrected chi connectivity index (χ0v) is 19.0. The molecule has 24 heavy (non-hydrogen) atoms. The Hall–Kier alpha value is -0.160. The molecule has 0 aromatic rings. The highest BCUT2D eigenvalue weighted by atomic mass is 15.0. The molecule has 0 unspecified atom stereocenters. The number of nitrogens with zero attached hydrogens (tertiary/aromatic N) is 2. The second kappa shape index (κ2) is 34.2. The Morgan fingerprint density at radius 3 is 1.08 bits per heavy atom. The molecular formula is C20H52N4.